The maximum Gasteiger partial charge on any atom is 0.342 e. The summed E-state index contributed by atoms with van der Waals surface area (Å²) in [6, 6.07) is 3.07. The van der Waals surface area contributed by atoms with Gasteiger partial charge in [0.05, 0.1) is 11.5 Å². The molecule has 0 radical (unpaired) electrons. The van der Waals surface area contributed by atoms with Gasteiger partial charge in [0, 0.05) is 20.8 Å². The van der Waals surface area contributed by atoms with Gasteiger partial charge in [-0.2, -0.15) is 0 Å². The first-order valence-corrected chi connectivity index (χ1v) is 6.99. The van der Waals surface area contributed by atoms with E-state index in [1.54, 1.807) is 0 Å². The van der Waals surface area contributed by atoms with Crippen LogP contribution in [0.4, 0.5) is 11.5 Å². The van der Waals surface area contributed by atoms with Crippen molar-refractivity contribution in [2.45, 2.75) is 6.54 Å². The van der Waals surface area contributed by atoms with Crippen molar-refractivity contribution >= 4 is 44.7 Å². The van der Waals surface area contributed by atoms with Crippen molar-refractivity contribution in [3.8, 4) is 0 Å². The zero-order chi connectivity index (χ0) is 14.7. The third kappa shape index (κ3) is 3.31. The minimum absolute atomic E-state index is 0.275. The fraction of sp³-hybridized carbons (Fsp3) is 0.0909. The molecule has 20 heavy (non-hydrogen) atoms. The average Bonchev–Trinajstić information content (AvgIpc) is 2.81. The largest absolute Gasteiger partial charge is 0.477 e. The van der Waals surface area contributed by atoms with Gasteiger partial charge >= 0.3 is 11.7 Å². The van der Waals surface area contributed by atoms with Crippen molar-refractivity contribution in [2.24, 2.45) is 0 Å². The van der Waals surface area contributed by atoms with Crippen LogP contribution in [0.2, 0.25) is 0 Å². The number of rotatable bonds is 5. The summed E-state index contributed by atoms with van der Waals surface area (Å²) < 4.78 is 0.960. The molecule has 0 bridgehead atoms. The number of nitrogens with one attached hydrogen (secondary N) is 1. The summed E-state index contributed by atoms with van der Waals surface area (Å²) in [6.45, 7) is 0.458. The minimum Gasteiger partial charge on any atom is -0.477 e. The molecule has 0 saturated heterocycles. The number of carboxylic acids is 1. The molecular formula is C11H8BrN3O4S. The molecule has 0 atom stereocenters. The van der Waals surface area contributed by atoms with E-state index in [1.165, 1.54) is 11.3 Å². The lowest BCUT2D eigenvalue weighted by Crippen LogP contribution is -2.06. The summed E-state index contributed by atoms with van der Waals surface area (Å²) in [4.78, 5) is 25.8. The monoisotopic (exact) mass is 357 g/mol. The summed E-state index contributed by atoms with van der Waals surface area (Å²) in [5.41, 5.74) is -0.915. The molecule has 0 fully saturated rings. The van der Waals surface area contributed by atoms with Crippen molar-refractivity contribution in [1.82, 2.24) is 4.98 Å². The second kappa shape index (κ2) is 5.97. The number of aromatic nitrogens is 1. The molecule has 2 rings (SSSR count). The Bertz CT molecular complexity index is 673. The molecule has 0 aliphatic rings. The van der Waals surface area contributed by atoms with Gasteiger partial charge in [0.25, 0.3) is 0 Å². The molecule has 104 valence electrons. The van der Waals surface area contributed by atoms with Crippen LogP contribution in [-0.2, 0) is 6.54 Å². The lowest BCUT2D eigenvalue weighted by atomic mass is 10.2. The molecule has 0 saturated carbocycles. The first kappa shape index (κ1) is 14.4. The van der Waals surface area contributed by atoms with E-state index < -0.39 is 16.6 Å². The van der Waals surface area contributed by atoms with Crippen molar-refractivity contribution in [1.29, 1.82) is 0 Å². The summed E-state index contributed by atoms with van der Waals surface area (Å²) in [6.07, 6.45) is 0.941. The van der Waals surface area contributed by atoms with Crippen molar-refractivity contribution < 1.29 is 14.8 Å². The van der Waals surface area contributed by atoms with E-state index in [0.717, 1.165) is 21.6 Å². The second-order valence-corrected chi connectivity index (χ2v) is 5.65. The van der Waals surface area contributed by atoms with Gasteiger partial charge < -0.3 is 10.4 Å². The van der Waals surface area contributed by atoms with Gasteiger partial charge in [0.15, 0.2) is 0 Å². The molecular weight excluding hydrogens is 350 g/mol. The fourth-order valence-electron chi connectivity index (χ4n) is 1.49. The Hall–Kier alpha value is -2.00. The molecule has 7 nitrogen and oxygen atoms in total. The van der Waals surface area contributed by atoms with Crippen molar-refractivity contribution in [2.75, 3.05) is 5.32 Å². The Labute approximate surface area is 125 Å². The first-order chi connectivity index (χ1) is 9.47. The van der Waals surface area contributed by atoms with Crippen LogP contribution in [0.15, 0.2) is 28.2 Å². The van der Waals surface area contributed by atoms with E-state index in [-0.39, 0.29) is 11.4 Å². The predicted molar refractivity (Wildman–Crippen MR) is 77.2 cm³/mol. The van der Waals surface area contributed by atoms with Gasteiger partial charge in [-0.1, -0.05) is 0 Å². The number of nitro groups is 1. The van der Waals surface area contributed by atoms with Crippen LogP contribution in [0.1, 0.15) is 15.2 Å². The Balaban J connectivity index is 2.18. The Morgan fingerprint density at radius 3 is 2.85 bits per heavy atom. The van der Waals surface area contributed by atoms with Crippen LogP contribution in [0.3, 0.4) is 0 Å². The maximum absolute atomic E-state index is 11.0. The lowest BCUT2D eigenvalue weighted by Gasteiger charge is -2.05. The second-order valence-electron chi connectivity index (χ2n) is 3.73. The summed E-state index contributed by atoms with van der Waals surface area (Å²) in [7, 11) is 0. The number of hydrogen-bond acceptors (Lipinski definition) is 6. The molecule has 0 amide bonds. The molecule has 2 aromatic rings. The fourth-order valence-corrected chi connectivity index (χ4v) is 2.88. The molecule has 0 aromatic carbocycles. The topological polar surface area (TPSA) is 105 Å². The SMILES string of the molecule is O=C(O)c1cc(NCc2cc(Br)cs2)ncc1[N+](=O)[O-]. The molecule has 0 aliphatic heterocycles. The first-order valence-electron chi connectivity index (χ1n) is 5.32. The number of carboxylic acid groups (broad SMARTS) is 1. The number of nitrogens with zero attached hydrogens (tertiary/aromatic N) is 2. The number of anilines is 1. The van der Waals surface area contributed by atoms with Crippen LogP contribution >= 0.6 is 27.3 Å². The van der Waals surface area contributed by atoms with E-state index in [9.17, 15) is 14.9 Å². The van der Waals surface area contributed by atoms with E-state index in [4.69, 9.17) is 5.11 Å². The van der Waals surface area contributed by atoms with Gasteiger partial charge in [0.2, 0.25) is 0 Å². The van der Waals surface area contributed by atoms with E-state index in [2.05, 4.69) is 26.2 Å². The Morgan fingerprint density at radius 1 is 1.55 bits per heavy atom. The highest BCUT2D eigenvalue weighted by Gasteiger charge is 2.20. The molecule has 2 N–H and O–H groups in total. The molecule has 2 heterocycles. The molecule has 9 heteroatoms. The highest BCUT2D eigenvalue weighted by Crippen LogP contribution is 2.23. The van der Waals surface area contributed by atoms with Crippen LogP contribution in [0.5, 0.6) is 0 Å². The molecule has 0 unspecified atom stereocenters. The van der Waals surface area contributed by atoms with Gasteiger partial charge in [-0.05, 0) is 22.0 Å². The number of carbonyl (C=O) groups is 1. The molecule has 2 aromatic heterocycles. The quantitative estimate of drug-likeness (QED) is 0.628. The third-order valence-corrected chi connectivity index (χ3v) is 4.07. The summed E-state index contributed by atoms with van der Waals surface area (Å²) in [5, 5.41) is 24.5. The highest BCUT2D eigenvalue weighted by molar-refractivity contribution is 9.10. The maximum atomic E-state index is 11.0. The normalized spacial score (nSPS) is 10.2. The van der Waals surface area contributed by atoms with Crippen LogP contribution in [0.25, 0.3) is 0 Å². The standard InChI is InChI=1S/C11H8BrN3O4S/c12-6-1-7(20-5-6)3-13-10-2-8(11(16)17)9(4-14-10)15(18)19/h1-2,4-5H,3H2,(H,13,14)(H,16,17). The van der Waals surface area contributed by atoms with Gasteiger partial charge in [0.1, 0.15) is 17.6 Å². The minimum atomic E-state index is -1.36. The average molecular weight is 358 g/mol. The Kier molecular flexibility index (Phi) is 4.30. The number of hydrogen-bond donors (Lipinski definition) is 2. The van der Waals surface area contributed by atoms with Gasteiger partial charge in [-0.3, -0.25) is 10.1 Å². The van der Waals surface area contributed by atoms with Crippen molar-refractivity contribution in [3.63, 3.8) is 0 Å². The van der Waals surface area contributed by atoms with Crippen LogP contribution < -0.4 is 5.32 Å². The van der Waals surface area contributed by atoms with E-state index in [1.807, 2.05) is 11.4 Å². The van der Waals surface area contributed by atoms with Gasteiger partial charge in [-0.25, -0.2) is 9.78 Å². The zero-order valence-corrected chi connectivity index (χ0v) is 12.3. The van der Waals surface area contributed by atoms with Crippen molar-refractivity contribution in [3.05, 3.63) is 48.7 Å². The summed E-state index contributed by atoms with van der Waals surface area (Å²) in [5.74, 6) is -1.08. The number of pyridine rings is 1. The predicted octanol–water partition coefficient (Wildman–Crippen LogP) is 3.12. The van der Waals surface area contributed by atoms with Crippen LogP contribution in [-0.4, -0.2) is 21.0 Å². The van der Waals surface area contributed by atoms with Gasteiger partial charge in [-0.15, -0.1) is 11.3 Å². The summed E-state index contributed by atoms with van der Waals surface area (Å²) >= 11 is 4.85. The third-order valence-electron chi connectivity index (χ3n) is 2.38. The Morgan fingerprint density at radius 2 is 2.30 bits per heavy atom. The number of aromatic carboxylic acids is 1. The zero-order valence-electron chi connectivity index (χ0n) is 9.87. The van der Waals surface area contributed by atoms with E-state index in [0.29, 0.717) is 6.54 Å². The smallest absolute Gasteiger partial charge is 0.342 e. The van der Waals surface area contributed by atoms with E-state index >= 15 is 0 Å². The lowest BCUT2D eigenvalue weighted by molar-refractivity contribution is -0.385. The number of thiophene rings is 1. The molecule has 0 spiro atoms. The van der Waals surface area contributed by atoms with Crippen LogP contribution in [0, 0.1) is 10.1 Å². The highest BCUT2D eigenvalue weighted by atomic mass is 79.9. The number of halogens is 1. The molecule has 0 aliphatic carbocycles.